The number of carbonyl (C=O) groups is 2. The number of carbonyl (C=O) groups excluding carboxylic acids is 2. The molecule has 2 aromatic rings. The summed E-state index contributed by atoms with van der Waals surface area (Å²) in [6, 6.07) is 15.4. The Bertz CT molecular complexity index is 1240. The van der Waals surface area contributed by atoms with Gasteiger partial charge in [0.1, 0.15) is 10.6 Å². The molecule has 0 N–H and O–H groups in total. The fourth-order valence-corrected chi connectivity index (χ4v) is 6.65. The molecular formula is C23H22N4O6S2. The first kappa shape index (κ1) is 24.6. The van der Waals surface area contributed by atoms with Crippen LogP contribution in [0.2, 0.25) is 0 Å². The molecule has 2 aliphatic heterocycles. The Morgan fingerprint density at radius 1 is 1.00 bits per heavy atom. The van der Waals surface area contributed by atoms with Crippen LogP contribution in [-0.2, 0) is 19.1 Å². The molecule has 1 spiro atoms. The first-order valence-corrected chi connectivity index (χ1v) is 12.4. The third kappa shape index (κ3) is 4.34. The number of thioether (sulfide) groups is 2. The predicted octanol–water partition coefficient (Wildman–Crippen LogP) is 4.68. The Balaban J connectivity index is 1.94. The smallest absolute Gasteiger partial charge is 0.365 e. The van der Waals surface area contributed by atoms with E-state index in [1.54, 1.807) is 39.0 Å². The van der Waals surface area contributed by atoms with Crippen molar-refractivity contribution in [2.75, 3.05) is 23.1 Å². The van der Waals surface area contributed by atoms with Crippen molar-refractivity contribution in [2.45, 2.75) is 25.1 Å². The second-order valence-corrected chi connectivity index (χ2v) is 9.84. The molecular weight excluding hydrogens is 492 g/mol. The minimum Gasteiger partial charge on any atom is -0.462 e. The van der Waals surface area contributed by atoms with Gasteiger partial charge in [0.2, 0.25) is 9.37 Å². The van der Waals surface area contributed by atoms with E-state index in [-0.39, 0.29) is 29.6 Å². The SMILES string of the molecule is CCOC(=O)C1=NN(c2ccccc2[N+](=O)[O-])C2(S1)SC(C(=O)OCC)=C(C)N2c1ccccc1. The number of benzene rings is 2. The number of allylic oxidation sites excluding steroid dienone is 1. The van der Waals surface area contributed by atoms with Gasteiger partial charge in [0.05, 0.1) is 18.1 Å². The molecule has 0 amide bonds. The van der Waals surface area contributed by atoms with Crippen LogP contribution in [0.15, 0.2) is 70.3 Å². The van der Waals surface area contributed by atoms with Gasteiger partial charge in [-0.05, 0) is 50.7 Å². The second kappa shape index (κ2) is 10.0. The number of hydrogen-bond acceptors (Lipinski definition) is 11. The molecule has 1 unspecified atom stereocenters. The maximum absolute atomic E-state index is 12.9. The average Bonchev–Trinajstić information content (AvgIpc) is 3.37. The van der Waals surface area contributed by atoms with Crippen LogP contribution in [0.25, 0.3) is 0 Å². The first-order valence-electron chi connectivity index (χ1n) is 10.7. The van der Waals surface area contributed by atoms with Crippen LogP contribution in [0, 0.1) is 10.1 Å². The van der Waals surface area contributed by atoms with E-state index in [9.17, 15) is 19.7 Å². The molecule has 10 nitrogen and oxygen atoms in total. The molecule has 0 saturated heterocycles. The van der Waals surface area contributed by atoms with E-state index in [0.717, 1.165) is 23.5 Å². The molecule has 0 saturated carbocycles. The molecule has 0 radical (unpaired) electrons. The molecule has 2 aliphatic rings. The highest BCUT2D eigenvalue weighted by Crippen LogP contribution is 2.61. The lowest BCUT2D eigenvalue weighted by Crippen LogP contribution is -2.49. The summed E-state index contributed by atoms with van der Waals surface area (Å²) in [6.07, 6.45) is 0. The number of para-hydroxylation sites is 3. The summed E-state index contributed by atoms with van der Waals surface area (Å²) >= 11 is 2.17. The van der Waals surface area contributed by atoms with Gasteiger partial charge >= 0.3 is 11.9 Å². The summed E-state index contributed by atoms with van der Waals surface area (Å²) < 4.78 is 9.17. The predicted molar refractivity (Wildman–Crippen MR) is 136 cm³/mol. The van der Waals surface area contributed by atoms with Crippen molar-refractivity contribution in [1.82, 2.24) is 0 Å². The zero-order valence-corrected chi connectivity index (χ0v) is 20.8. The topological polar surface area (TPSA) is 115 Å². The van der Waals surface area contributed by atoms with Crippen LogP contribution < -0.4 is 9.91 Å². The van der Waals surface area contributed by atoms with Crippen LogP contribution in [-0.4, -0.2) is 39.4 Å². The molecule has 2 aromatic carbocycles. The molecule has 0 aromatic heterocycles. The van der Waals surface area contributed by atoms with Gasteiger partial charge in [-0.2, -0.15) is 5.10 Å². The molecule has 182 valence electrons. The van der Waals surface area contributed by atoms with Crippen LogP contribution in [0.5, 0.6) is 0 Å². The average molecular weight is 515 g/mol. The Morgan fingerprint density at radius 3 is 2.29 bits per heavy atom. The number of hydrogen-bond donors (Lipinski definition) is 0. The third-order valence-corrected chi connectivity index (χ3v) is 7.95. The van der Waals surface area contributed by atoms with E-state index < -0.39 is 21.2 Å². The maximum atomic E-state index is 12.9. The Hall–Kier alpha value is -3.51. The lowest BCUT2D eigenvalue weighted by molar-refractivity contribution is -0.384. The number of hydrazone groups is 1. The zero-order chi connectivity index (χ0) is 25.2. The van der Waals surface area contributed by atoms with Gasteiger partial charge in [-0.1, -0.05) is 42.1 Å². The van der Waals surface area contributed by atoms with Gasteiger partial charge in [-0.15, -0.1) is 0 Å². The van der Waals surface area contributed by atoms with Crippen molar-refractivity contribution in [1.29, 1.82) is 0 Å². The fourth-order valence-electron chi connectivity index (χ4n) is 3.71. The highest BCUT2D eigenvalue weighted by atomic mass is 32.2. The first-order chi connectivity index (χ1) is 16.8. The number of nitro benzene ring substituents is 1. The zero-order valence-electron chi connectivity index (χ0n) is 19.2. The van der Waals surface area contributed by atoms with Crippen LogP contribution in [0.1, 0.15) is 20.8 Å². The number of nitrogens with zero attached hydrogens (tertiary/aromatic N) is 4. The van der Waals surface area contributed by atoms with Gasteiger partial charge in [-0.3, -0.25) is 10.1 Å². The lowest BCUT2D eigenvalue weighted by Gasteiger charge is -2.40. The van der Waals surface area contributed by atoms with Crippen molar-refractivity contribution < 1.29 is 24.0 Å². The summed E-state index contributed by atoms with van der Waals surface area (Å²) in [5.74, 6) is -1.19. The summed E-state index contributed by atoms with van der Waals surface area (Å²) in [7, 11) is 0. The second-order valence-electron chi connectivity index (χ2n) is 7.24. The van der Waals surface area contributed by atoms with Crippen molar-refractivity contribution in [3.63, 3.8) is 0 Å². The summed E-state index contributed by atoms with van der Waals surface area (Å²) in [4.78, 5) is 39.2. The molecule has 0 fully saturated rings. The van der Waals surface area contributed by atoms with Gasteiger partial charge in [0, 0.05) is 17.5 Å². The molecule has 0 bridgehead atoms. The highest BCUT2D eigenvalue weighted by Gasteiger charge is 2.59. The standard InChI is InChI=1S/C23H22N4O6S2/c1-4-32-21(28)19-15(3)25(16-11-7-6-8-12-16)23(34-19)26(24-20(35-23)22(29)33-5-2)17-13-9-10-14-18(17)27(30)31/h6-14H,4-5H2,1-3H3. The number of rotatable bonds is 7. The number of anilines is 2. The van der Waals surface area contributed by atoms with E-state index in [2.05, 4.69) is 5.10 Å². The van der Waals surface area contributed by atoms with Crippen molar-refractivity contribution in [3.8, 4) is 0 Å². The summed E-state index contributed by atoms with van der Waals surface area (Å²) in [5, 5.41) is 17.8. The van der Waals surface area contributed by atoms with Gasteiger partial charge in [0.25, 0.3) is 5.69 Å². The van der Waals surface area contributed by atoms with E-state index >= 15 is 0 Å². The molecule has 2 heterocycles. The lowest BCUT2D eigenvalue weighted by atomic mass is 10.2. The largest absolute Gasteiger partial charge is 0.462 e. The van der Waals surface area contributed by atoms with Crippen molar-refractivity contribution in [3.05, 3.63) is 75.3 Å². The van der Waals surface area contributed by atoms with Crippen LogP contribution >= 0.6 is 23.5 Å². The molecule has 35 heavy (non-hydrogen) atoms. The van der Waals surface area contributed by atoms with E-state index in [4.69, 9.17) is 9.47 Å². The Labute approximate surface area is 210 Å². The van der Waals surface area contributed by atoms with Gasteiger partial charge < -0.3 is 14.4 Å². The number of ether oxygens (including phenoxy) is 2. The molecule has 4 rings (SSSR count). The molecule has 0 aliphatic carbocycles. The minimum atomic E-state index is -1.30. The summed E-state index contributed by atoms with van der Waals surface area (Å²) in [6.45, 7) is 5.47. The Morgan fingerprint density at radius 2 is 1.63 bits per heavy atom. The highest BCUT2D eigenvalue weighted by molar-refractivity contribution is 8.29. The quantitative estimate of drug-likeness (QED) is 0.293. The monoisotopic (exact) mass is 514 g/mol. The number of nitro groups is 1. The molecule has 12 heteroatoms. The van der Waals surface area contributed by atoms with Crippen LogP contribution in [0.3, 0.4) is 0 Å². The van der Waals surface area contributed by atoms with E-state index in [1.165, 1.54) is 11.1 Å². The van der Waals surface area contributed by atoms with E-state index in [0.29, 0.717) is 16.3 Å². The Kier molecular flexibility index (Phi) is 7.03. The maximum Gasteiger partial charge on any atom is 0.365 e. The van der Waals surface area contributed by atoms with Crippen molar-refractivity contribution >= 4 is 57.6 Å². The van der Waals surface area contributed by atoms with Crippen molar-refractivity contribution in [2.24, 2.45) is 5.10 Å². The van der Waals surface area contributed by atoms with E-state index in [1.807, 2.05) is 35.2 Å². The third-order valence-electron chi connectivity index (χ3n) is 5.10. The number of esters is 2. The molecule has 1 atom stereocenters. The minimum absolute atomic E-state index is 0.0105. The fraction of sp³-hybridized carbons (Fsp3) is 0.261. The summed E-state index contributed by atoms with van der Waals surface area (Å²) in [5.41, 5.74) is 1.23. The normalized spacial score (nSPS) is 19.2. The van der Waals surface area contributed by atoms with Gasteiger partial charge in [0.15, 0.2) is 0 Å². The van der Waals surface area contributed by atoms with Gasteiger partial charge in [-0.25, -0.2) is 14.6 Å². The van der Waals surface area contributed by atoms with Crippen LogP contribution in [0.4, 0.5) is 17.1 Å².